The molecule has 1 aliphatic rings. The Hall–Kier alpha value is -1.11. The fourth-order valence-corrected chi connectivity index (χ4v) is 3.01. The van der Waals surface area contributed by atoms with E-state index in [1.165, 1.54) is 18.5 Å². The van der Waals surface area contributed by atoms with Gasteiger partial charge in [0.15, 0.2) is 10.8 Å². The number of anilines is 1. The van der Waals surface area contributed by atoms with Crippen LogP contribution in [0, 0.1) is 0 Å². The van der Waals surface area contributed by atoms with Gasteiger partial charge < -0.3 is 15.0 Å². The number of fused-ring (bicyclic) bond motifs is 1. The Kier molecular flexibility index (Phi) is 3.72. The highest BCUT2D eigenvalue weighted by Crippen LogP contribution is 2.32. The molecule has 0 aliphatic heterocycles. The minimum absolute atomic E-state index is 0.683. The molecule has 1 N–H and O–H groups in total. The van der Waals surface area contributed by atoms with Gasteiger partial charge in [-0.2, -0.15) is 0 Å². The molecule has 0 atom stereocenters. The van der Waals surface area contributed by atoms with Gasteiger partial charge in [-0.1, -0.05) is 0 Å². The molecular weight excluding hydrogens is 260 g/mol. The first kappa shape index (κ1) is 12.9. The quantitative estimate of drug-likeness (QED) is 0.784. The summed E-state index contributed by atoms with van der Waals surface area (Å²) < 4.78 is 7.26. The van der Waals surface area contributed by atoms with E-state index in [2.05, 4.69) is 33.2 Å². The fourth-order valence-electron chi connectivity index (χ4n) is 2.28. The topological polar surface area (TPSA) is 41.8 Å². The van der Waals surface area contributed by atoms with E-state index >= 15 is 0 Å². The monoisotopic (exact) mass is 280 g/mol. The molecule has 0 radical (unpaired) electrons. The lowest BCUT2D eigenvalue weighted by molar-refractivity contribution is 0.199. The van der Waals surface area contributed by atoms with Crippen LogP contribution in [0.25, 0.3) is 4.96 Å². The summed E-state index contributed by atoms with van der Waals surface area (Å²) in [6.07, 6.45) is 4.68. The van der Waals surface area contributed by atoms with E-state index in [4.69, 9.17) is 9.72 Å². The van der Waals surface area contributed by atoms with Crippen LogP contribution >= 0.6 is 11.3 Å². The number of aromatic nitrogens is 2. The first-order chi connectivity index (χ1) is 9.31. The average molecular weight is 280 g/mol. The van der Waals surface area contributed by atoms with Crippen molar-refractivity contribution in [2.75, 3.05) is 32.2 Å². The highest BCUT2D eigenvalue weighted by molar-refractivity contribution is 7.15. The lowest BCUT2D eigenvalue weighted by Gasteiger charge is -2.17. The molecule has 0 spiro atoms. The zero-order chi connectivity index (χ0) is 13.2. The minimum atomic E-state index is 0.683. The van der Waals surface area contributed by atoms with Gasteiger partial charge in [-0.25, -0.2) is 4.98 Å². The molecule has 2 heterocycles. The second-order valence-corrected chi connectivity index (χ2v) is 5.82. The van der Waals surface area contributed by atoms with E-state index in [0.29, 0.717) is 6.04 Å². The van der Waals surface area contributed by atoms with Crippen molar-refractivity contribution < 1.29 is 4.74 Å². The van der Waals surface area contributed by atoms with Crippen LogP contribution in [0.5, 0.6) is 0 Å². The van der Waals surface area contributed by atoms with Gasteiger partial charge in [-0.3, -0.25) is 4.40 Å². The third-order valence-corrected chi connectivity index (χ3v) is 4.30. The number of nitrogens with one attached hydrogen (secondary N) is 1. The van der Waals surface area contributed by atoms with Gasteiger partial charge in [0.2, 0.25) is 0 Å². The van der Waals surface area contributed by atoms with E-state index in [1.54, 1.807) is 18.4 Å². The van der Waals surface area contributed by atoms with Crippen molar-refractivity contribution in [3.8, 4) is 0 Å². The molecule has 1 fully saturated rings. The Labute approximate surface area is 117 Å². The summed E-state index contributed by atoms with van der Waals surface area (Å²) in [6, 6.07) is 0.683. The van der Waals surface area contributed by atoms with Crippen molar-refractivity contribution in [2.24, 2.45) is 0 Å². The lowest BCUT2D eigenvalue weighted by atomic mass is 10.3. The van der Waals surface area contributed by atoms with Crippen LogP contribution in [0.1, 0.15) is 18.5 Å². The largest absolute Gasteiger partial charge is 0.383 e. The lowest BCUT2D eigenvalue weighted by Crippen LogP contribution is -2.24. The smallest absolute Gasteiger partial charge is 0.195 e. The van der Waals surface area contributed by atoms with Gasteiger partial charge in [0.05, 0.1) is 12.3 Å². The van der Waals surface area contributed by atoms with Crippen LogP contribution in [0.3, 0.4) is 0 Å². The zero-order valence-corrected chi connectivity index (χ0v) is 12.2. The summed E-state index contributed by atoms with van der Waals surface area (Å²) in [5.74, 6) is 1.12. The maximum atomic E-state index is 5.07. The number of hydrogen-bond donors (Lipinski definition) is 1. The van der Waals surface area contributed by atoms with Crippen molar-refractivity contribution in [2.45, 2.75) is 25.4 Å². The summed E-state index contributed by atoms with van der Waals surface area (Å²) in [5.41, 5.74) is 1.25. The van der Waals surface area contributed by atoms with E-state index < -0.39 is 0 Å². The van der Waals surface area contributed by atoms with Gasteiger partial charge in [0.25, 0.3) is 0 Å². The van der Waals surface area contributed by atoms with Crippen LogP contribution < -0.4 is 10.2 Å². The van der Waals surface area contributed by atoms with Gasteiger partial charge in [0, 0.05) is 44.9 Å². The van der Waals surface area contributed by atoms with Crippen LogP contribution in [-0.4, -0.2) is 42.7 Å². The Morgan fingerprint density at radius 2 is 2.42 bits per heavy atom. The maximum Gasteiger partial charge on any atom is 0.195 e. The van der Waals surface area contributed by atoms with Gasteiger partial charge in [-0.15, -0.1) is 11.3 Å². The second-order valence-electron chi connectivity index (χ2n) is 4.95. The molecule has 3 rings (SSSR count). The van der Waals surface area contributed by atoms with Gasteiger partial charge >= 0.3 is 0 Å². The number of imidazole rings is 1. The number of methoxy groups -OCH3 is 1. The van der Waals surface area contributed by atoms with Gasteiger partial charge in [-0.05, 0) is 12.8 Å². The van der Waals surface area contributed by atoms with E-state index in [-0.39, 0.29) is 0 Å². The van der Waals surface area contributed by atoms with Crippen LogP contribution in [0.4, 0.5) is 5.82 Å². The van der Waals surface area contributed by atoms with Crippen LogP contribution in [0.2, 0.25) is 0 Å². The molecule has 104 valence electrons. The van der Waals surface area contributed by atoms with Crippen LogP contribution in [0.15, 0.2) is 11.6 Å². The first-order valence-corrected chi connectivity index (χ1v) is 7.56. The molecule has 6 heteroatoms. The third kappa shape index (κ3) is 2.61. The summed E-state index contributed by atoms with van der Waals surface area (Å²) in [5, 5.41) is 5.50. The number of hydrogen-bond acceptors (Lipinski definition) is 5. The number of nitrogens with zero attached hydrogens (tertiary/aromatic N) is 3. The molecule has 0 aromatic carbocycles. The number of thiazole rings is 1. The molecule has 2 aromatic rings. The SMILES string of the molecule is COCCNCc1c(N(C)C2CC2)nc2sccn12. The highest BCUT2D eigenvalue weighted by atomic mass is 32.1. The Balaban J connectivity index is 1.81. The molecule has 19 heavy (non-hydrogen) atoms. The Morgan fingerprint density at radius 3 is 3.16 bits per heavy atom. The molecule has 1 saturated carbocycles. The molecule has 5 nitrogen and oxygen atoms in total. The molecule has 0 unspecified atom stereocenters. The molecule has 0 amide bonds. The highest BCUT2D eigenvalue weighted by Gasteiger charge is 2.30. The zero-order valence-electron chi connectivity index (χ0n) is 11.4. The van der Waals surface area contributed by atoms with Crippen molar-refractivity contribution in [3.05, 3.63) is 17.3 Å². The van der Waals surface area contributed by atoms with E-state index in [0.717, 1.165) is 30.5 Å². The summed E-state index contributed by atoms with van der Waals surface area (Å²) >= 11 is 1.69. The third-order valence-electron chi connectivity index (χ3n) is 3.54. The van der Waals surface area contributed by atoms with E-state index in [1.807, 2.05) is 0 Å². The maximum absolute atomic E-state index is 5.07. The van der Waals surface area contributed by atoms with Crippen molar-refractivity contribution in [3.63, 3.8) is 0 Å². The minimum Gasteiger partial charge on any atom is -0.383 e. The molecular formula is C13H20N4OS. The fraction of sp³-hybridized carbons (Fsp3) is 0.615. The summed E-state index contributed by atoms with van der Waals surface area (Å²) in [7, 11) is 3.88. The van der Waals surface area contributed by atoms with Crippen molar-refractivity contribution >= 4 is 22.1 Å². The Morgan fingerprint density at radius 1 is 1.58 bits per heavy atom. The molecule has 0 saturated heterocycles. The molecule has 2 aromatic heterocycles. The standard InChI is InChI=1S/C13H20N4OS/c1-16(10-3-4-10)12-11(9-14-5-7-18-2)17-6-8-19-13(17)15-12/h6,8,10,14H,3-5,7,9H2,1-2H3. The number of ether oxygens (including phenoxy) is 1. The average Bonchev–Trinajstić information content (AvgIpc) is 3.06. The van der Waals surface area contributed by atoms with Crippen molar-refractivity contribution in [1.82, 2.24) is 14.7 Å². The van der Waals surface area contributed by atoms with Gasteiger partial charge in [0.1, 0.15) is 0 Å². The van der Waals surface area contributed by atoms with Crippen LogP contribution in [-0.2, 0) is 11.3 Å². The molecule has 1 aliphatic carbocycles. The van der Waals surface area contributed by atoms with Crippen molar-refractivity contribution in [1.29, 1.82) is 0 Å². The first-order valence-electron chi connectivity index (χ1n) is 6.68. The predicted molar refractivity (Wildman–Crippen MR) is 78.1 cm³/mol. The van der Waals surface area contributed by atoms with E-state index in [9.17, 15) is 0 Å². The summed E-state index contributed by atoms with van der Waals surface area (Å²) in [6.45, 7) is 2.42. The normalized spacial score (nSPS) is 15.3. The second kappa shape index (κ2) is 5.48. The predicted octanol–water partition coefficient (Wildman–Crippen LogP) is 1.73. The summed E-state index contributed by atoms with van der Waals surface area (Å²) in [4.78, 5) is 8.17. The number of rotatable bonds is 7. The molecule has 0 bridgehead atoms. The Bertz CT molecular complexity index is 546.